The van der Waals surface area contributed by atoms with E-state index in [-0.39, 0.29) is 18.0 Å². The summed E-state index contributed by atoms with van der Waals surface area (Å²) in [6.45, 7) is 4.95. The fraction of sp³-hybridized carbons (Fsp3) is 0.333. The van der Waals surface area contributed by atoms with Crippen LogP contribution in [0, 0.1) is 0 Å². The Morgan fingerprint density at radius 2 is 2.35 bits per heavy atom. The number of methoxy groups -OCH3 is 1. The molecule has 104 valence electrons. The van der Waals surface area contributed by atoms with Crippen molar-refractivity contribution in [2.45, 2.75) is 12.5 Å². The number of amides is 2. The third-order valence-electron chi connectivity index (χ3n) is 3.84. The largest absolute Gasteiger partial charge is 0.465 e. The number of nitrogens with zero attached hydrogens (tertiary/aromatic N) is 2. The number of benzene rings is 1. The van der Waals surface area contributed by atoms with Crippen molar-refractivity contribution in [1.29, 1.82) is 0 Å². The Kier molecular flexibility index (Phi) is 2.97. The molecule has 0 saturated carbocycles. The molecule has 2 heterocycles. The summed E-state index contributed by atoms with van der Waals surface area (Å²) in [5, 5.41) is 0. The zero-order valence-corrected chi connectivity index (χ0v) is 11.3. The van der Waals surface area contributed by atoms with Crippen LogP contribution in [0.15, 0.2) is 30.9 Å². The Hall–Kier alpha value is -2.30. The van der Waals surface area contributed by atoms with E-state index in [0.717, 1.165) is 17.7 Å². The van der Waals surface area contributed by atoms with Gasteiger partial charge < -0.3 is 9.64 Å². The van der Waals surface area contributed by atoms with Gasteiger partial charge in [-0.05, 0) is 30.2 Å². The van der Waals surface area contributed by atoms with Gasteiger partial charge in [0.25, 0.3) is 0 Å². The number of anilines is 1. The summed E-state index contributed by atoms with van der Waals surface area (Å²) in [4.78, 5) is 27.5. The van der Waals surface area contributed by atoms with E-state index in [9.17, 15) is 9.59 Å². The molecule has 5 heteroatoms. The van der Waals surface area contributed by atoms with Crippen molar-refractivity contribution in [2.24, 2.45) is 0 Å². The van der Waals surface area contributed by atoms with Crippen molar-refractivity contribution in [3.63, 3.8) is 0 Å². The molecule has 5 nitrogen and oxygen atoms in total. The van der Waals surface area contributed by atoms with Gasteiger partial charge in [0.15, 0.2) is 0 Å². The van der Waals surface area contributed by atoms with Crippen molar-refractivity contribution in [1.82, 2.24) is 4.90 Å². The molecule has 0 aliphatic carbocycles. The number of carbonyl (C=O) groups is 2. The van der Waals surface area contributed by atoms with Gasteiger partial charge in [0.2, 0.25) is 0 Å². The Bertz CT molecular complexity index is 597. The van der Waals surface area contributed by atoms with Crippen LogP contribution in [0.4, 0.5) is 10.5 Å². The predicted molar refractivity (Wildman–Crippen MR) is 74.9 cm³/mol. The Morgan fingerprint density at radius 3 is 3.05 bits per heavy atom. The van der Waals surface area contributed by atoms with Crippen molar-refractivity contribution in [3.05, 3.63) is 42.0 Å². The van der Waals surface area contributed by atoms with E-state index in [2.05, 4.69) is 6.58 Å². The van der Waals surface area contributed by atoms with Crippen molar-refractivity contribution >= 4 is 17.7 Å². The molecule has 0 aromatic heterocycles. The van der Waals surface area contributed by atoms with Gasteiger partial charge in [-0.2, -0.15) is 0 Å². The first-order valence-corrected chi connectivity index (χ1v) is 6.56. The molecule has 1 aromatic rings. The van der Waals surface area contributed by atoms with E-state index in [1.54, 1.807) is 17.0 Å². The molecule has 1 fully saturated rings. The molecule has 2 aliphatic rings. The minimum Gasteiger partial charge on any atom is -0.465 e. The average Bonchev–Trinajstić information content (AvgIpc) is 2.95. The second-order valence-corrected chi connectivity index (χ2v) is 5.04. The van der Waals surface area contributed by atoms with Gasteiger partial charge in [0.05, 0.1) is 18.7 Å². The lowest BCUT2D eigenvalue weighted by molar-refractivity contribution is 0.0600. The van der Waals surface area contributed by atoms with Crippen LogP contribution in [0.1, 0.15) is 15.9 Å². The Balaban J connectivity index is 1.91. The number of urea groups is 1. The number of fused-ring (bicyclic) bond motifs is 3. The van der Waals surface area contributed by atoms with E-state index < -0.39 is 0 Å². The second-order valence-electron chi connectivity index (χ2n) is 5.04. The lowest BCUT2D eigenvalue weighted by Crippen LogP contribution is -2.32. The second kappa shape index (κ2) is 4.67. The van der Waals surface area contributed by atoms with Gasteiger partial charge in [-0.25, -0.2) is 9.59 Å². The number of rotatable bonds is 3. The number of hydrogen-bond acceptors (Lipinski definition) is 3. The number of carbonyl (C=O) groups excluding carboxylic acids is 2. The summed E-state index contributed by atoms with van der Waals surface area (Å²) in [6, 6.07) is 5.53. The molecule has 1 aromatic carbocycles. The number of ether oxygens (including phenoxy) is 1. The lowest BCUT2D eigenvalue weighted by atomic mass is 10.1. The predicted octanol–water partition coefficient (Wildman–Crippen LogP) is 1.83. The topological polar surface area (TPSA) is 49.9 Å². The molecule has 1 unspecified atom stereocenters. The van der Waals surface area contributed by atoms with Gasteiger partial charge in [-0.3, -0.25) is 4.90 Å². The van der Waals surface area contributed by atoms with E-state index in [0.29, 0.717) is 18.7 Å². The monoisotopic (exact) mass is 272 g/mol. The van der Waals surface area contributed by atoms with Gasteiger partial charge in [0, 0.05) is 18.8 Å². The normalized spacial score (nSPS) is 19.9. The minimum atomic E-state index is -0.348. The number of esters is 1. The lowest BCUT2D eigenvalue weighted by Gasteiger charge is -2.17. The van der Waals surface area contributed by atoms with Crippen molar-refractivity contribution in [3.8, 4) is 0 Å². The van der Waals surface area contributed by atoms with Crippen molar-refractivity contribution in [2.75, 3.05) is 25.1 Å². The molecule has 2 amide bonds. The first kappa shape index (κ1) is 12.7. The maximum Gasteiger partial charge on any atom is 0.337 e. The smallest absolute Gasteiger partial charge is 0.337 e. The standard InChI is InChI=1S/C15H16N2O3/c1-3-6-16-9-12-8-11-7-10(14(18)20-2)4-5-13(11)17(12)15(16)19/h3-5,7,12H,1,6,8-9H2,2H3. The molecule has 0 bridgehead atoms. The fourth-order valence-electron chi connectivity index (χ4n) is 2.97. The van der Waals surface area contributed by atoms with E-state index in [1.807, 2.05) is 17.0 Å². The highest BCUT2D eigenvalue weighted by Crippen LogP contribution is 2.37. The molecule has 20 heavy (non-hydrogen) atoms. The van der Waals surface area contributed by atoms with Gasteiger partial charge in [-0.15, -0.1) is 6.58 Å². The van der Waals surface area contributed by atoms with Crippen LogP contribution >= 0.6 is 0 Å². The molecule has 0 N–H and O–H groups in total. The Morgan fingerprint density at radius 1 is 1.55 bits per heavy atom. The van der Waals surface area contributed by atoms with E-state index in [1.165, 1.54) is 7.11 Å². The SMILES string of the molecule is C=CCN1CC2Cc3cc(C(=O)OC)ccc3N2C1=O. The van der Waals surface area contributed by atoms with E-state index in [4.69, 9.17) is 4.74 Å². The number of hydrogen-bond donors (Lipinski definition) is 0. The molecule has 0 spiro atoms. The maximum atomic E-state index is 12.3. The van der Waals surface area contributed by atoms with Crippen LogP contribution in [-0.4, -0.2) is 43.1 Å². The summed E-state index contributed by atoms with van der Waals surface area (Å²) in [5.41, 5.74) is 2.46. The summed E-state index contributed by atoms with van der Waals surface area (Å²) in [6.07, 6.45) is 2.51. The van der Waals surface area contributed by atoms with Crippen LogP contribution in [0.2, 0.25) is 0 Å². The van der Waals surface area contributed by atoms with Gasteiger partial charge >= 0.3 is 12.0 Å². The van der Waals surface area contributed by atoms with Crippen LogP contribution in [0.5, 0.6) is 0 Å². The van der Waals surface area contributed by atoms with Crippen LogP contribution < -0.4 is 4.90 Å². The zero-order valence-electron chi connectivity index (χ0n) is 11.3. The fourth-order valence-corrected chi connectivity index (χ4v) is 2.97. The highest BCUT2D eigenvalue weighted by Gasteiger charge is 2.42. The zero-order chi connectivity index (χ0) is 14.3. The average molecular weight is 272 g/mol. The van der Waals surface area contributed by atoms with Crippen LogP contribution in [0.3, 0.4) is 0 Å². The maximum absolute atomic E-state index is 12.3. The van der Waals surface area contributed by atoms with Gasteiger partial charge in [-0.1, -0.05) is 6.08 Å². The van der Waals surface area contributed by atoms with E-state index >= 15 is 0 Å². The summed E-state index contributed by atoms with van der Waals surface area (Å²) < 4.78 is 4.72. The molecule has 1 saturated heterocycles. The quantitative estimate of drug-likeness (QED) is 0.623. The molecule has 3 rings (SSSR count). The summed E-state index contributed by atoms with van der Waals surface area (Å²) >= 11 is 0. The minimum absolute atomic E-state index is 0.0134. The van der Waals surface area contributed by atoms with Gasteiger partial charge in [0.1, 0.15) is 0 Å². The van der Waals surface area contributed by atoms with Crippen molar-refractivity contribution < 1.29 is 14.3 Å². The highest BCUT2D eigenvalue weighted by atomic mass is 16.5. The summed E-state index contributed by atoms with van der Waals surface area (Å²) in [5.74, 6) is -0.348. The molecular weight excluding hydrogens is 256 g/mol. The molecular formula is C15H16N2O3. The first-order chi connectivity index (χ1) is 9.65. The third kappa shape index (κ3) is 1.78. The highest BCUT2D eigenvalue weighted by molar-refractivity contribution is 5.99. The third-order valence-corrected chi connectivity index (χ3v) is 3.84. The van der Waals surface area contributed by atoms with Crippen LogP contribution in [0.25, 0.3) is 0 Å². The summed E-state index contributed by atoms with van der Waals surface area (Å²) in [7, 11) is 1.37. The molecule has 1 atom stereocenters. The van der Waals surface area contributed by atoms with Crippen LogP contribution in [-0.2, 0) is 11.2 Å². The Labute approximate surface area is 117 Å². The first-order valence-electron chi connectivity index (χ1n) is 6.56. The molecule has 2 aliphatic heterocycles. The molecule has 0 radical (unpaired) electrons.